The molecular weight excluding hydrogens is 322 g/mol. The monoisotopic (exact) mass is 341 g/mol. The molecular formula is C18H19N3O2S. The molecule has 1 saturated heterocycles. The van der Waals surface area contributed by atoms with Crippen LogP contribution in [-0.4, -0.2) is 31.6 Å². The number of thioether (sulfide) groups is 1. The number of carbonyl (C=O) groups excluding carboxylic acids is 2. The van der Waals surface area contributed by atoms with Crippen molar-refractivity contribution in [3.8, 4) is 5.82 Å². The Balaban J connectivity index is 2.01. The number of aromatic nitrogens is 2. The molecule has 0 atom stereocenters. The molecule has 1 aliphatic heterocycles. The zero-order chi connectivity index (χ0) is 17.4. The molecule has 0 N–H and O–H groups in total. The summed E-state index contributed by atoms with van der Waals surface area (Å²) in [6.07, 6.45) is 3.55. The van der Waals surface area contributed by atoms with E-state index in [-0.39, 0.29) is 17.2 Å². The molecule has 1 fully saturated rings. The average Bonchev–Trinajstić information content (AvgIpc) is 2.96. The molecule has 5 nitrogen and oxygen atoms in total. The SMILES string of the molecule is Cc1cc(C=C2SC(=O)N(C(C)C)C2=O)c(C)n1-c1ccccn1. The molecule has 3 rings (SSSR count). The van der Waals surface area contributed by atoms with Gasteiger partial charge in [0.15, 0.2) is 0 Å². The molecule has 0 saturated carbocycles. The number of pyridine rings is 1. The molecule has 1 aliphatic rings. The van der Waals surface area contributed by atoms with Crippen molar-refractivity contribution in [3.05, 3.63) is 52.3 Å². The maximum Gasteiger partial charge on any atom is 0.293 e. The fraction of sp³-hybridized carbons (Fsp3) is 0.278. The van der Waals surface area contributed by atoms with E-state index >= 15 is 0 Å². The first kappa shape index (κ1) is 16.5. The van der Waals surface area contributed by atoms with Crippen molar-refractivity contribution >= 4 is 29.0 Å². The van der Waals surface area contributed by atoms with Crippen LogP contribution in [0.3, 0.4) is 0 Å². The van der Waals surface area contributed by atoms with Gasteiger partial charge < -0.3 is 4.57 Å². The van der Waals surface area contributed by atoms with Crippen LogP contribution < -0.4 is 0 Å². The lowest BCUT2D eigenvalue weighted by Crippen LogP contribution is -2.34. The summed E-state index contributed by atoms with van der Waals surface area (Å²) in [4.78, 5) is 30.6. The van der Waals surface area contributed by atoms with Gasteiger partial charge in [-0.3, -0.25) is 14.5 Å². The van der Waals surface area contributed by atoms with Gasteiger partial charge in [-0.1, -0.05) is 6.07 Å². The normalized spacial score (nSPS) is 16.7. The van der Waals surface area contributed by atoms with Gasteiger partial charge in [0.25, 0.3) is 11.1 Å². The summed E-state index contributed by atoms with van der Waals surface area (Å²) in [5.74, 6) is 0.616. The van der Waals surface area contributed by atoms with Crippen LogP contribution >= 0.6 is 11.8 Å². The predicted octanol–water partition coefficient (Wildman–Crippen LogP) is 3.93. The van der Waals surface area contributed by atoms with Crippen LogP contribution in [0.15, 0.2) is 35.4 Å². The minimum Gasteiger partial charge on any atom is -0.303 e. The van der Waals surface area contributed by atoms with Crippen molar-refractivity contribution in [2.45, 2.75) is 33.7 Å². The third kappa shape index (κ3) is 2.78. The number of aryl methyl sites for hydroxylation is 1. The van der Waals surface area contributed by atoms with Crippen LogP contribution in [0.2, 0.25) is 0 Å². The molecule has 6 heteroatoms. The Morgan fingerprint density at radius 3 is 2.54 bits per heavy atom. The number of nitrogens with zero attached hydrogens (tertiary/aromatic N) is 3. The maximum absolute atomic E-state index is 12.4. The topological polar surface area (TPSA) is 55.2 Å². The Morgan fingerprint density at radius 1 is 1.21 bits per heavy atom. The Kier molecular flexibility index (Phi) is 4.32. The van der Waals surface area contributed by atoms with E-state index in [1.54, 1.807) is 12.3 Å². The van der Waals surface area contributed by atoms with E-state index in [2.05, 4.69) is 4.98 Å². The summed E-state index contributed by atoms with van der Waals surface area (Å²) in [5, 5.41) is -0.209. The second-order valence-electron chi connectivity index (χ2n) is 6.00. The highest BCUT2D eigenvalue weighted by Gasteiger charge is 2.36. The minimum atomic E-state index is -0.220. The Bertz CT molecular complexity index is 837. The Labute approximate surface area is 145 Å². The summed E-state index contributed by atoms with van der Waals surface area (Å²) in [6, 6.07) is 7.63. The van der Waals surface area contributed by atoms with Gasteiger partial charge in [-0.15, -0.1) is 0 Å². The van der Waals surface area contributed by atoms with Gasteiger partial charge in [-0.2, -0.15) is 0 Å². The fourth-order valence-corrected chi connectivity index (χ4v) is 3.79. The average molecular weight is 341 g/mol. The smallest absolute Gasteiger partial charge is 0.293 e. The standard InChI is InChI=1S/C18H19N3O2S/c1-11(2)20-17(22)15(24-18(20)23)10-14-9-12(3)21(13(14)4)16-7-5-6-8-19-16/h5-11H,1-4H3. The second-order valence-corrected chi connectivity index (χ2v) is 6.99. The third-order valence-electron chi connectivity index (χ3n) is 3.98. The van der Waals surface area contributed by atoms with E-state index in [1.165, 1.54) is 4.90 Å². The largest absolute Gasteiger partial charge is 0.303 e. The van der Waals surface area contributed by atoms with Crippen LogP contribution in [-0.2, 0) is 4.79 Å². The first-order chi connectivity index (χ1) is 11.4. The summed E-state index contributed by atoms with van der Waals surface area (Å²) in [5.41, 5.74) is 2.94. The predicted molar refractivity (Wildman–Crippen MR) is 96.0 cm³/mol. The summed E-state index contributed by atoms with van der Waals surface area (Å²) in [6.45, 7) is 7.66. The van der Waals surface area contributed by atoms with Gasteiger partial charge >= 0.3 is 0 Å². The van der Waals surface area contributed by atoms with E-state index in [1.807, 2.05) is 56.5 Å². The molecule has 24 heavy (non-hydrogen) atoms. The molecule has 2 aromatic heterocycles. The molecule has 2 amide bonds. The van der Waals surface area contributed by atoms with Crippen LogP contribution in [0.1, 0.15) is 30.8 Å². The number of rotatable bonds is 3. The molecule has 0 spiro atoms. The molecule has 0 bridgehead atoms. The van der Waals surface area contributed by atoms with Gasteiger partial charge in [0.2, 0.25) is 0 Å². The summed E-state index contributed by atoms with van der Waals surface area (Å²) in [7, 11) is 0. The first-order valence-electron chi connectivity index (χ1n) is 7.77. The van der Waals surface area contributed by atoms with Crippen molar-refractivity contribution in [1.82, 2.24) is 14.5 Å². The lowest BCUT2D eigenvalue weighted by Gasteiger charge is -2.16. The van der Waals surface area contributed by atoms with Crippen LogP contribution in [0.25, 0.3) is 11.9 Å². The van der Waals surface area contributed by atoms with Gasteiger partial charge in [0.1, 0.15) is 5.82 Å². The van der Waals surface area contributed by atoms with E-state index in [0.717, 1.165) is 34.5 Å². The summed E-state index contributed by atoms with van der Waals surface area (Å²) < 4.78 is 2.04. The van der Waals surface area contributed by atoms with E-state index in [0.29, 0.717) is 4.91 Å². The molecule has 0 radical (unpaired) electrons. The molecule has 3 heterocycles. The van der Waals surface area contributed by atoms with Crippen molar-refractivity contribution in [3.63, 3.8) is 0 Å². The van der Waals surface area contributed by atoms with Gasteiger partial charge in [0.05, 0.1) is 4.91 Å². The fourth-order valence-electron chi connectivity index (χ4n) is 2.84. The van der Waals surface area contributed by atoms with E-state index < -0.39 is 0 Å². The number of carbonyl (C=O) groups is 2. The number of hydrogen-bond acceptors (Lipinski definition) is 4. The van der Waals surface area contributed by atoms with Crippen molar-refractivity contribution in [2.24, 2.45) is 0 Å². The molecule has 0 aliphatic carbocycles. The summed E-state index contributed by atoms with van der Waals surface area (Å²) >= 11 is 0.998. The van der Waals surface area contributed by atoms with Crippen LogP contribution in [0.5, 0.6) is 0 Å². The second kappa shape index (κ2) is 6.28. The number of amides is 2. The van der Waals surface area contributed by atoms with Gasteiger partial charge in [-0.05, 0) is 69.3 Å². The van der Waals surface area contributed by atoms with E-state index in [9.17, 15) is 9.59 Å². The number of hydrogen-bond donors (Lipinski definition) is 0. The van der Waals surface area contributed by atoms with Crippen molar-refractivity contribution < 1.29 is 9.59 Å². The highest BCUT2D eigenvalue weighted by molar-refractivity contribution is 8.18. The third-order valence-corrected chi connectivity index (χ3v) is 4.86. The first-order valence-corrected chi connectivity index (χ1v) is 8.59. The van der Waals surface area contributed by atoms with E-state index in [4.69, 9.17) is 0 Å². The molecule has 0 aromatic carbocycles. The number of imide groups is 1. The van der Waals surface area contributed by atoms with Crippen molar-refractivity contribution in [2.75, 3.05) is 0 Å². The minimum absolute atomic E-state index is 0.135. The molecule has 2 aromatic rings. The highest BCUT2D eigenvalue weighted by atomic mass is 32.2. The zero-order valence-electron chi connectivity index (χ0n) is 14.1. The van der Waals surface area contributed by atoms with Crippen LogP contribution in [0.4, 0.5) is 4.79 Å². The molecule has 124 valence electrons. The Morgan fingerprint density at radius 2 is 1.96 bits per heavy atom. The Hall–Kier alpha value is -2.34. The van der Waals surface area contributed by atoms with Crippen molar-refractivity contribution in [1.29, 1.82) is 0 Å². The van der Waals surface area contributed by atoms with Gasteiger partial charge in [-0.25, -0.2) is 4.98 Å². The van der Waals surface area contributed by atoms with Gasteiger partial charge in [0, 0.05) is 23.6 Å². The molecule has 0 unspecified atom stereocenters. The maximum atomic E-state index is 12.4. The zero-order valence-corrected chi connectivity index (χ0v) is 14.9. The van der Waals surface area contributed by atoms with Crippen LogP contribution in [0, 0.1) is 13.8 Å². The quantitative estimate of drug-likeness (QED) is 0.794. The lowest BCUT2D eigenvalue weighted by molar-refractivity contribution is -0.123. The lowest BCUT2D eigenvalue weighted by atomic mass is 10.2. The highest BCUT2D eigenvalue weighted by Crippen LogP contribution is 2.34.